The van der Waals surface area contributed by atoms with Gasteiger partial charge in [0.2, 0.25) is 0 Å². The van der Waals surface area contributed by atoms with Crippen LogP contribution >= 0.6 is 0 Å². The van der Waals surface area contributed by atoms with Crippen LogP contribution in [0.2, 0.25) is 0 Å². The van der Waals surface area contributed by atoms with Crippen LogP contribution in [-0.4, -0.2) is 50.7 Å². The monoisotopic (exact) mass is 423 g/mol. The van der Waals surface area contributed by atoms with Crippen LogP contribution in [0.3, 0.4) is 0 Å². The van der Waals surface area contributed by atoms with Gasteiger partial charge in [-0.1, -0.05) is 56.3 Å². The molecular formula is C26H33NO4. The molecule has 166 valence electrons. The van der Waals surface area contributed by atoms with Gasteiger partial charge in [0.15, 0.2) is 0 Å². The number of hydrogen-bond acceptors (Lipinski definition) is 5. The van der Waals surface area contributed by atoms with Crippen molar-refractivity contribution >= 4 is 11.9 Å². The van der Waals surface area contributed by atoms with E-state index in [-0.39, 0.29) is 23.3 Å². The second-order valence-electron chi connectivity index (χ2n) is 8.81. The molecule has 0 radical (unpaired) electrons. The highest BCUT2D eigenvalue weighted by Crippen LogP contribution is 2.40. The minimum absolute atomic E-state index is 0.0409. The van der Waals surface area contributed by atoms with Gasteiger partial charge in [-0.05, 0) is 54.0 Å². The smallest absolute Gasteiger partial charge is 0.337 e. The molecule has 2 aromatic rings. The van der Waals surface area contributed by atoms with Crippen molar-refractivity contribution in [3.05, 3.63) is 71.3 Å². The number of esters is 2. The van der Waals surface area contributed by atoms with Crippen LogP contribution in [0.5, 0.6) is 0 Å². The van der Waals surface area contributed by atoms with Crippen LogP contribution in [0.1, 0.15) is 41.8 Å². The maximum absolute atomic E-state index is 12.5. The summed E-state index contributed by atoms with van der Waals surface area (Å²) < 4.78 is 9.99. The first-order chi connectivity index (χ1) is 14.9. The van der Waals surface area contributed by atoms with Gasteiger partial charge < -0.3 is 14.4 Å². The zero-order chi connectivity index (χ0) is 22.4. The lowest BCUT2D eigenvalue weighted by Crippen LogP contribution is -2.49. The molecule has 5 heteroatoms. The maximum atomic E-state index is 12.5. The molecule has 2 aromatic carbocycles. The van der Waals surface area contributed by atoms with Gasteiger partial charge in [0.1, 0.15) is 0 Å². The zero-order valence-electron chi connectivity index (χ0n) is 19.0. The van der Waals surface area contributed by atoms with Gasteiger partial charge in [0, 0.05) is 13.1 Å². The number of hydrogen-bond donors (Lipinski definition) is 0. The highest BCUT2D eigenvalue weighted by atomic mass is 16.5. The molecule has 1 saturated heterocycles. The lowest BCUT2D eigenvalue weighted by molar-refractivity contribution is -0.146. The Morgan fingerprint density at radius 2 is 1.84 bits per heavy atom. The summed E-state index contributed by atoms with van der Waals surface area (Å²) in [5.41, 5.74) is 2.86. The van der Waals surface area contributed by atoms with E-state index in [1.54, 1.807) is 6.07 Å². The summed E-state index contributed by atoms with van der Waals surface area (Å²) in [7, 11) is 2.87. The molecule has 0 N–H and O–H groups in total. The summed E-state index contributed by atoms with van der Waals surface area (Å²) in [4.78, 5) is 26.8. The first-order valence-electron chi connectivity index (χ1n) is 10.9. The first kappa shape index (κ1) is 23.0. The Balaban J connectivity index is 1.71. The Kier molecular flexibility index (Phi) is 7.50. The number of methoxy groups -OCH3 is 2. The Morgan fingerprint density at radius 3 is 2.48 bits per heavy atom. The summed E-state index contributed by atoms with van der Waals surface area (Å²) in [6.07, 6.45) is 1.63. The topological polar surface area (TPSA) is 55.8 Å². The third-order valence-electron chi connectivity index (χ3n) is 6.85. The molecule has 0 spiro atoms. The summed E-state index contributed by atoms with van der Waals surface area (Å²) in [5, 5.41) is 0. The zero-order valence-corrected chi connectivity index (χ0v) is 19.0. The van der Waals surface area contributed by atoms with Crippen LogP contribution in [0.4, 0.5) is 0 Å². The van der Waals surface area contributed by atoms with Crippen LogP contribution in [-0.2, 0) is 26.1 Å². The highest BCUT2D eigenvalue weighted by Gasteiger charge is 2.39. The second-order valence-corrected chi connectivity index (χ2v) is 8.81. The molecule has 0 amide bonds. The quantitative estimate of drug-likeness (QED) is 0.628. The number of ether oxygens (including phenoxy) is 2. The van der Waals surface area contributed by atoms with E-state index in [1.165, 1.54) is 14.2 Å². The van der Waals surface area contributed by atoms with E-state index in [1.807, 2.05) is 30.3 Å². The predicted octanol–water partition coefficient (Wildman–Crippen LogP) is 4.10. The molecule has 3 rings (SSSR count). The Bertz CT molecular complexity index is 897. The van der Waals surface area contributed by atoms with Crippen LogP contribution in [0.15, 0.2) is 54.6 Å². The molecule has 0 unspecified atom stereocenters. The van der Waals surface area contributed by atoms with Crippen molar-refractivity contribution in [3.8, 4) is 0 Å². The van der Waals surface area contributed by atoms with Gasteiger partial charge in [0.05, 0.1) is 25.7 Å². The average molecular weight is 424 g/mol. The fourth-order valence-electron chi connectivity index (χ4n) is 4.63. The predicted molar refractivity (Wildman–Crippen MR) is 121 cm³/mol. The molecule has 0 saturated carbocycles. The van der Waals surface area contributed by atoms with Gasteiger partial charge in [-0.25, -0.2) is 4.79 Å². The van der Waals surface area contributed by atoms with Crippen molar-refractivity contribution in [1.29, 1.82) is 0 Å². The fourth-order valence-corrected chi connectivity index (χ4v) is 4.63. The Morgan fingerprint density at radius 1 is 1.10 bits per heavy atom. The van der Waals surface area contributed by atoms with Crippen molar-refractivity contribution in [2.24, 2.45) is 11.8 Å². The molecule has 1 fully saturated rings. The van der Waals surface area contributed by atoms with Crippen molar-refractivity contribution in [2.45, 2.75) is 32.1 Å². The van der Waals surface area contributed by atoms with Crippen molar-refractivity contribution in [3.63, 3.8) is 0 Å². The standard InChI is InChI=1S/C26H33NO4/c1-19-17-27(18-22(25(29)31-4)15-20-9-6-5-7-10-20)14-13-26(19,2)23-12-8-11-21(16-23)24(28)30-3/h5-12,16,19,22H,13-15,17-18H2,1-4H3/t19-,22-,26+/m0/s1. The summed E-state index contributed by atoms with van der Waals surface area (Å²) in [5.74, 6) is -0.288. The van der Waals surface area contributed by atoms with E-state index in [0.29, 0.717) is 24.4 Å². The lowest BCUT2D eigenvalue weighted by atomic mass is 9.67. The van der Waals surface area contributed by atoms with E-state index >= 15 is 0 Å². The van der Waals surface area contributed by atoms with E-state index in [9.17, 15) is 9.59 Å². The van der Waals surface area contributed by atoms with Crippen LogP contribution in [0, 0.1) is 11.8 Å². The largest absolute Gasteiger partial charge is 0.469 e. The third kappa shape index (κ3) is 5.34. The Hall–Kier alpha value is -2.66. The number of benzene rings is 2. The molecule has 1 aliphatic rings. The first-order valence-corrected chi connectivity index (χ1v) is 10.9. The van der Waals surface area contributed by atoms with E-state index in [2.05, 4.69) is 36.9 Å². The number of nitrogens with zero attached hydrogens (tertiary/aromatic N) is 1. The molecule has 0 aliphatic carbocycles. The van der Waals surface area contributed by atoms with Gasteiger partial charge in [-0.2, -0.15) is 0 Å². The molecular weight excluding hydrogens is 390 g/mol. The van der Waals surface area contributed by atoms with Crippen molar-refractivity contribution < 1.29 is 19.1 Å². The van der Waals surface area contributed by atoms with Crippen LogP contribution in [0.25, 0.3) is 0 Å². The highest BCUT2D eigenvalue weighted by molar-refractivity contribution is 5.89. The van der Waals surface area contributed by atoms with E-state index < -0.39 is 0 Å². The molecule has 0 bridgehead atoms. The Labute approximate surface area is 185 Å². The molecule has 0 aromatic heterocycles. The van der Waals surface area contributed by atoms with E-state index in [4.69, 9.17) is 9.47 Å². The molecule has 5 nitrogen and oxygen atoms in total. The van der Waals surface area contributed by atoms with Crippen molar-refractivity contribution in [1.82, 2.24) is 4.90 Å². The number of rotatable bonds is 7. The van der Waals surface area contributed by atoms with Crippen LogP contribution < -0.4 is 0 Å². The van der Waals surface area contributed by atoms with Gasteiger partial charge in [-0.15, -0.1) is 0 Å². The minimum atomic E-state index is -0.308. The second kappa shape index (κ2) is 10.1. The van der Waals surface area contributed by atoms with Gasteiger partial charge in [0.25, 0.3) is 0 Å². The number of likely N-dealkylation sites (tertiary alicyclic amines) is 1. The van der Waals surface area contributed by atoms with Gasteiger partial charge in [-0.3, -0.25) is 4.79 Å². The third-order valence-corrected chi connectivity index (χ3v) is 6.85. The number of piperidine rings is 1. The fraction of sp³-hybridized carbons (Fsp3) is 0.462. The minimum Gasteiger partial charge on any atom is -0.469 e. The van der Waals surface area contributed by atoms with E-state index in [0.717, 1.165) is 30.6 Å². The molecule has 3 atom stereocenters. The summed E-state index contributed by atoms with van der Waals surface area (Å²) in [6, 6.07) is 17.9. The molecule has 1 heterocycles. The summed E-state index contributed by atoms with van der Waals surface area (Å²) >= 11 is 0. The molecule has 1 aliphatic heterocycles. The summed E-state index contributed by atoms with van der Waals surface area (Å²) in [6.45, 7) is 6.99. The van der Waals surface area contributed by atoms with Crippen molar-refractivity contribution in [2.75, 3.05) is 33.9 Å². The lowest BCUT2D eigenvalue weighted by Gasteiger charge is -2.45. The van der Waals surface area contributed by atoms with Gasteiger partial charge >= 0.3 is 11.9 Å². The number of carbonyl (C=O) groups is 2. The molecule has 31 heavy (non-hydrogen) atoms. The number of carbonyl (C=O) groups excluding carboxylic acids is 2. The normalized spacial score (nSPS) is 22.5. The SMILES string of the molecule is COC(=O)c1cccc([C@]2(C)CCN(C[C@H](Cc3ccccc3)C(=O)OC)C[C@@H]2C)c1. The maximum Gasteiger partial charge on any atom is 0.337 e. The average Bonchev–Trinajstić information content (AvgIpc) is 2.80.